The van der Waals surface area contributed by atoms with Crippen LogP contribution < -0.4 is 5.32 Å². The first-order valence-electron chi connectivity index (χ1n) is 6.51. The first kappa shape index (κ1) is 11.2. The van der Waals surface area contributed by atoms with Gasteiger partial charge < -0.3 is 5.32 Å². The summed E-state index contributed by atoms with van der Waals surface area (Å²) in [5.74, 6) is 1.62. The molecule has 3 heterocycles. The monoisotopic (exact) mass is 234 g/mol. The van der Waals surface area contributed by atoms with E-state index in [9.17, 15) is 0 Å². The topological polar surface area (TPSA) is 33.1 Å². The maximum Gasteiger partial charge on any atom is 0.0764 e. The van der Waals surface area contributed by atoms with Gasteiger partial charge in [0.05, 0.1) is 5.69 Å². The lowest BCUT2D eigenvalue weighted by Crippen LogP contribution is -2.44. The highest BCUT2D eigenvalue weighted by Gasteiger charge is 2.49. The normalized spacial score (nSPS) is 31.9. The zero-order valence-corrected chi connectivity index (χ0v) is 11.0. The summed E-state index contributed by atoms with van der Waals surface area (Å²) in [6, 6.07) is 2.13. The minimum absolute atomic E-state index is 0.297. The van der Waals surface area contributed by atoms with Crippen molar-refractivity contribution in [3.05, 3.63) is 18.0 Å². The van der Waals surface area contributed by atoms with Gasteiger partial charge in [-0.15, -0.1) is 0 Å². The molecule has 17 heavy (non-hydrogen) atoms. The molecular formula is C13H22N4. The number of nitrogens with zero attached hydrogens (tertiary/aromatic N) is 3. The molecule has 1 aromatic rings. The average molecular weight is 234 g/mol. The van der Waals surface area contributed by atoms with Gasteiger partial charge >= 0.3 is 0 Å². The Morgan fingerprint density at radius 3 is 2.94 bits per heavy atom. The molecule has 2 aliphatic rings. The lowest BCUT2D eigenvalue weighted by molar-refractivity contribution is 0.130. The van der Waals surface area contributed by atoms with Crippen LogP contribution in [-0.4, -0.2) is 39.9 Å². The Morgan fingerprint density at radius 1 is 1.47 bits per heavy atom. The highest BCUT2D eigenvalue weighted by molar-refractivity contribution is 5.07. The summed E-state index contributed by atoms with van der Waals surface area (Å²) in [5, 5.41) is 8.02. The molecule has 0 saturated carbocycles. The summed E-state index contributed by atoms with van der Waals surface area (Å²) in [6.45, 7) is 9.33. The SMILES string of the molecule is Cn1ccc(CN2CC3CNCC3C2(C)C)n1. The van der Waals surface area contributed by atoms with Crippen LogP contribution in [0.4, 0.5) is 0 Å². The lowest BCUT2D eigenvalue weighted by Gasteiger charge is -2.35. The van der Waals surface area contributed by atoms with Crippen molar-refractivity contribution in [3.63, 3.8) is 0 Å². The maximum absolute atomic E-state index is 4.49. The number of likely N-dealkylation sites (tertiary alicyclic amines) is 1. The molecule has 4 nitrogen and oxygen atoms in total. The standard InChI is InChI=1S/C13H22N4/c1-13(2)12-7-14-6-10(12)8-17(13)9-11-4-5-16(3)15-11/h4-5,10,12,14H,6-9H2,1-3H3. The molecule has 1 N–H and O–H groups in total. The predicted molar refractivity (Wildman–Crippen MR) is 67.5 cm³/mol. The van der Waals surface area contributed by atoms with Gasteiger partial charge in [-0.05, 0) is 38.3 Å². The van der Waals surface area contributed by atoms with Gasteiger partial charge in [-0.2, -0.15) is 5.10 Å². The van der Waals surface area contributed by atoms with E-state index in [4.69, 9.17) is 0 Å². The lowest BCUT2D eigenvalue weighted by atomic mass is 9.85. The Kier molecular flexibility index (Phi) is 2.52. The second kappa shape index (κ2) is 3.82. The van der Waals surface area contributed by atoms with Crippen molar-refractivity contribution >= 4 is 0 Å². The molecule has 0 aliphatic carbocycles. The number of hydrogen-bond donors (Lipinski definition) is 1. The number of hydrogen-bond acceptors (Lipinski definition) is 3. The molecule has 1 aromatic heterocycles. The van der Waals surface area contributed by atoms with E-state index in [-0.39, 0.29) is 0 Å². The van der Waals surface area contributed by atoms with Crippen LogP contribution in [0.15, 0.2) is 12.3 Å². The predicted octanol–water partition coefficient (Wildman–Crippen LogP) is 0.850. The van der Waals surface area contributed by atoms with Crippen LogP contribution in [0.3, 0.4) is 0 Å². The molecule has 0 bridgehead atoms. The molecule has 2 unspecified atom stereocenters. The van der Waals surface area contributed by atoms with Gasteiger partial charge in [0.2, 0.25) is 0 Å². The Hall–Kier alpha value is -0.870. The van der Waals surface area contributed by atoms with Crippen molar-refractivity contribution in [2.45, 2.75) is 25.9 Å². The number of aromatic nitrogens is 2. The van der Waals surface area contributed by atoms with Gasteiger partial charge in [0, 0.05) is 38.4 Å². The third-order valence-electron chi connectivity index (χ3n) is 4.64. The van der Waals surface area contributed by atoms with Crippen LogP contribution >= 0.6 is 0 Å². The fraction of sp³-hybridized carbons (Fsp3) is 0.769. The van der Waals surface area contributed by atoms with Gasteiger partial charge in [0.15, 0.2) is 0 Å². The van der Waals surface area contributed by atoms with E-state index in [0.717, 1.165) is 18.4 Å². The Labute approximate surface area is 103 Å². The van der Waals surface area contributed by atoms with Gasteiger partial charge in [-0.1, -0.05) is 0 Å². The van der Waals surface area contributed by atoms with Crippen molar-refractivity contribution in [2.24, 2.45) is 18.9 Å². The van der Waals surface area contributed by atoms with Crippen molar-refractivity contribution in [1.82, 2.24) is 20.0 Å². The van der Waals surface area contributed by atoms with E-state index < -0.39 is 0 Å². The zero-order valence-electron chi connectivity index (χ0n) is 11.0. The van der Waals surface area contributed by atoms with E-state index >= 15 is 0 Å². The summed E-state index contributed by atoms with van der Waals surface area (Å²) < 4.78 is 1.89. The fourth-order valence-corrected chi connectivity index (χ4v) is 3.52. The molecule has 2 atom stereocenters. The molecule has 94 valence electrons. The first-order valence-corrected chi connectivity index (χ1v) is 6.51. The molecule has 3 rings (SSSR count). The average Bonchev–Trinajstić information content (AvgIpc) is 2.90. The van der Waals surface area contributed by atoms with Gasteiger partial charge in [0.1, 0.15) is 0 Å². The quantitative estimate of drug-likeness (QED) is 0.823. The summed E-state index contributed by atoms with van der Waals surface area (Å²) in [7, 11) is 1.98. The largest absolute Gasteiger partial charge is 0.316 e. The molecule has 0 radical (unpaired) electrons. The van der Waals surface area contributed by atoms with Crippen LogP contribution in [0.5, 0.6) is 0 Å². The first-order chi connectivity index (χ1) is 8.07. The van der Waals surface area contributed by atoms with Gasteiger partial charge in [0.25, 0.3) is 0 Å². The molecular weight excluding hydrogens is 212 g/mol. The van der Waals surface area contributed by atoms with E-state index in [1.807, 2.05) is 17.9 Å². The Bertz CT molecular complexity index is 409. The van der Waals surface area contributed by atoms with E-state index in [1.54, 1.807) is 0 Å². The van der Waals surface area contributed by atoms with Crippen LogP contribution in [0.1, 0.15) is 19.5 Å². The Balaban J connectivity index is 1.76. The summed E-state index contributed by atoms with van der Waals surface area (Å²) in [6.07, 6.45) is 2.03. The van der Waals surface area contributed by atoms with E-state index in [1.165, 1.54) is 25.3 Å². The van der Waals surface area contributed by atoms with Gasteiger partial charge in [-0.25, -0.2) is 0 Å². The third kappa shape index (κ3) is 1.79. The zero-order chi connectivity index (χ0) is 12.0. The van der Waals surface area contributed by atoms with Crippen molar-refractivity contribution in [3.8, 4) is 0 Å². The highest BCUT2D eigenvalue weighted by Crippen LogP contribution is 2.41. The molecule has 2 fully saturated rings. The van der Waals surface area contributed by atoms with Crippen LogP contribution in [0.25, 0.3) is 0 Å². The fourth-order valence-electron chi connectivity index (χ4n) is 3.52. The van der Waals surface area contributed by atoms with Crippen molar-refractivity contribution in [2.75, 3.05) is 19.6 Å². The summed E-state index contributed by atoms with van der Waals surface area (Å²) in [5.41, 5.74) is 1.49. The summed E-state index contributed by atoms with van der Waals surface area (Å²) >= 11 is 0. The van der Waals surface area contributed by atoms with Crippen LogP contribution in [0.2, 0.25) is 0 Å². The second-order valence-corrected chi connectivity index (χ2v) is 6.04. The second-order valence-electron chi connectivity index (χ2n) is 6.04. The van der Waals surface area contributed by atoms with Crippen LogP contribution in [-0.2, 0) is 13.6 Å². The number of fused-ring (bicyclic) bond motifs is 1. The van der Waals surface area contributed by atoms with Gasteiger partial charge in [-0.3, -0.25) is 9.58 Å². The minimum atomic E-state index is 0.297. The molecule has 0 amide bonds. The molecule has 4 heteroatoms. The Morgan fingerprint density at radius 2 is 2.29 bits per heavy atom. The summed E-state index contributed by atoms with van der Waals surface area (Å²) in [4.78, 5) is 2.60. The smallest absolute Gasteiger partial charge is 0.0764 e. The number of nitrogens with one attached hydrogen (secondary N) is 1. The maximum atomic E-state index is 4.49. The van der Waals surface area contributed by atoms with Crippen molar-refractivity contribution < 1.29 is 0 Å². The van der Waals surface area contributed by atoms with Crippen LogP contribution in [0, 0.1) is 11.8 Å². The molecule has 0 aromatic carbocycles. The van der Waals surface area contributed by atoms with E-state index in [2.05, 4.69) is 35.2 Å². The number of aryl methyl sites for hydroxylation is 1. The molecule has 2 saturated heterocycles. The molecule has 2 aliphatic heterocycles. The highest BCUT2D eigenvalue weighted by atomic mass is 15.3. The third-order valence-corrected chi connectivity index (χ3v) is 4.64. The van der Waals surface area contributed by atoms with Crippen molar-refractivity contribution in [1.29, 1.82) is 0 Å². The number of rotatable bonds is 2. The molecule has 0 spiro atoms. The van der Waals surface area contributed by atoms with E-state index in [0.29, 0.717) is 5.54 Å². The minimum Gasteiger partial charge on any atom is -0.316 e.